The molecule has 0 amide bonds. The molecule has 1 saturated heterocycles. The largest absolute Gasteiger partial charge is 0.372 e. The maximum absolute atomic E-state index is 12.5. The van der Waals surface area contributed by atoms with Crippen LogP contribution in [0.1, 0.15) is 26.3 Å². The molecule has 0 radical (unpaired) electrons. The SMILES string of the molecule is CCN(CC)c1ccc2sc3ccc([C@]4(C)CS(=O)(=O)N(C)C(=N)N4)cc3c2c1. The molecule has 0 spiro atoms. The van der Waals surface area contributed by atoms with Crippen molar-refractivity contribution in [1.29, 1.82) is 5.41 Å². The monoisotopic (exact) mass is 430 g/mol. The predicted molar refractivity (Wildman–Crippen MR) is 123 cm³/mol. The smallest absolute Gasteiger partial charge is 0.239 e. The second-order valence-corrected chi connectivity index (χ2v) is 10.8. The van der Waals surface area contributed by atoms with Crippen LogP contribution in [0.4, 0.5) is 5.69 Å². The highest BCUT2D eigenvalue weighted by atomic mass is 32.2. The van der Waals surface area contributed by atoms with Gasteiger partial charge in [-0.1, -0.05) is 6.07 Å². The van der Waals surface area contributed by atoms with E-state index < -0.39 is 15.6 Å². The number of thiophene rings is 1. The van der Waals surface area contributed by atoms with Gasteiger partial charge in [-0.15, -0.1) is 11.3 Å². The van der Waals surface area contributed by atoms with Crippen LogP contribution in [0.25, 0.3) is 20.2 Å². The summed E-state index contributed by atoms with van der Waals surface area (Å²) in [7, 11) is -2.12. The summed E-state index contributed by atoms with van der Waals surface area (Å²) >= 11 is 1.74. The van der Waals surface area contributed by atoms with E-state index in [4.69, 9.17) is 5.41 Å². The molecule has 8 heteroatoms. The Morgan fingerprint density at radius 3 is 2.38 bits per heavy atom. The van der Waals surface area contributed by atoms with Gasteiger partial charge in [0.15, 0.2) is 0 Å². The van der Waals surface area contributed by atoms with E-state index >= 15 is 0 Å². The highest BCUT2D eigenvalue weighted by Gasteiger charge is 2.41. The molecule has 1 atom stereocenters. The van der Waals surface area contributed by atoms with Crippen LogP contribution in [0.15, 0.2) is 36.4 Å². The number of benzene rings is 2. The van der Waals surface area contributed by atoms with Crippen molar-refractivity contribution in [2.45, 2.75) is 26.3 Å². The van der Waals surface area contributed by atoms with Gasteiger partial charge in [-0.3, -0.25) is 5.41 Å². The predicted octanol–water partition coefficient (Wildman–Crippen LogP) is 3.92. The summed E-state index contributed by atoms with van der Waals surface area (Å²) < 4.78 is 28.5. The van der Waals surface area contributed by atoms with E-state index in [2.05, 4.69) is 54.4 Å². The number of hydrogen-bond acceptors (Lipinski definition) is 5. The van der Waals surface area contributed by atoms with Crippen molar-refractivity contribution in [3.63, 3.8) is 0 Å². The molecule has 3 aromatic rings. The van der Waals surface area contributed by atoms with Crippen LogP contribution in [0.5, 0.6) is 0 Å². The number of sulfonamides is 1. The topological polar surface area (TPSA) is 76.5 Å². The van der Waals surface area contributed by atoms with E-state index in [0.717, 1.165) is 28.3 Å². The quantitative estimate of drug-likeness (QED) is 0.658. The summed E-state index contributed by atoms with van der Waals surface area (Å²) in [5, 5.41) is 13.5. The minimum absolute atomic E-state index is 0.0862. The molecule has 0 saturated carbocycles. The average molecular weight is 431 g/mol. The standard InChI is InChI=1S/C21H26N4O2S2/c1-5-25(6-2)15-8-10-19-17(12-15)16-11-14(7-9-18(16)28-19)21(3)13-29(26,27)24(4)20(22)23-21/h7-12H,5-6,13H2,1-4H3,(H2,22,23)/t21-/m0/s1. The van der Waals surface area contributed by atoms with Crippen molar-refractivity contribution in [3.05, 3.63) is 42.0 Å². The summed E-state index contributed by atoms with van der Waals surface area (Å²) in [4.78, 5) is 2.32. The van der Waals surface area contributed by atoms with Gasteiger partial charge in [-0.2, -0.15) is 0 Å². The molecular formula is C21H26N4O2S2. The maximum Gasteiger partial charge on any atom is 0.239 e. The first-order valence-electron chi connectivity index (χ1n) is 9.73. The Labute approximate surface area is 175 Å². The number of anilines is 1. The summed E-state index contributed by atoms with van der Waals surface area (Å²) in [5.41, 5.74) is 1.22. The van der Waals surface area contributed by atoms with Crippen molar-refractivity contribution >= 4 is 53.2 Å². The van der Waals surface area contributed by atoms with Gasteiger partial charge in [0.1, 0.15) is 0 Å². The van der Waals surface area contributed by atoms with E-state index in [9.17, 15) is 8.42 Å². The Balaban J connectivity index is 1.86. The van der Waals surface area contributed by atoms with Crippen LogP contribution in [0.2, 0.25) is 0 Å². The summed E-state index contributed by atoms with van der Waals surface area (Å²) in [6.07, 6.45) is 0. The molecule has 1 aliphatic rings. The van der Waals surface area contributed by atoms with Crippen LogP contribution in [0.3, 0.4) is 0 Å². The summed E-state index contributed by atoms with van der Waals surface area (Å²) in [5.74, 6) is -0.185. The van der Waals surface area contributed by atoms with Crippen LogP contribution in [0, 0.1) is 5.41 Å². The number of guanidine groups is 1. The Bertz CT molecular complexity index is 1210. The summed E-state index contributed by atoms with van der Waals surface area (Å²) in [6, 6.07) is 12.7. The van der Waals surface area contributed by atoms with Gasteiger partial charge in [0.25, 0.3) is 0 Å². The van der Waals surface area contributed by atoms with E-state index in [1.807, 2.05) is 13.0 Å². The summed E-state index contributed by atoms with van der Waals surface area (Å²) in [6.45, 7) is 8.05. The number of hydrogen-bond donors (Lipinski definition) is 2. The number of nitrogens with zero attached hydrogens (tertiary/aromatic N) is 2. The third kappa shape index (κ3) is 3.24. The average Bonchev–Trinajstić information content (AvgIpc) is 3.04. The fourth-order valence-corrected chi connectivity index (χ4v) is 6.58. The molecule has 6 nitrogen and oxygen atoms in total. The maximum atomic E-state index is 12.5. The molecule has 2 N–H and O–H groups in total. The lowest BCUT2D eigenvalue weighted by molar-refractivity contribution is 0.419. The zero-order valence-electron chi connectivity index (χ0n) is 17.1. The Morgan fingerprint density at radius 2 is 1.76 bits per heavy atom. The van der Waals surface area contributed by atoms with Crippen LogP contribution in [-0.4, -0.2) is 44.6 Å². The van der Waals surface area contributed by atoms with Gasteiger partial charge in [0, 0.05) is 46.0 Å². The van der Waals surface area contributed by atoms with E-state index in [0.29, 0.717) is 0 Å². The van der Waals surface area contributed by atoms with E-state index in [1.165, 1.54) is 27.5 Å². The van der Waals surface area contributed by atoms with Crippen molar-refractivity contribution in [3.8, 4) is 0 Å². The minimum atomic E-state index is -3.53. The van der Waals surface area contributed by atoms with E-state index in [-0.39, 0.29) is 11.7 Å². The molecule has 1 fully saturated rings. The van der Waals surface area contributed by atoms with Crippen molar-refractivity contribution in [2.24, 2.45) is 0 Å². The third-order valence-electron chi connectivity index (χ3n) is 5.82. The van der Waals surface area contributed by atoms with Crippen LogP contribution < -0.4 is 10.2 Å². The Kier molecular flexibility index (Phi) is 4.74. The Morgan fingerprint density at radius 1 is 1.14 bits per heavy atom. The van der Waals surface area contributed by atoms with Crippen molar-refractivity contribution in [2.75, 3.05) is 30.8 Å². The van der Waals surface area contributed by atoms with Gasteiger partial charge in [0.2, 0.25) is 16.0 Å². The normalized spacial score (nSPS) is 21.5. The zero-order chi connectivity index (χ0) is 21.0. The third-order valence-corrected chi connectivity index (χ3v) is 8.93. The lowest BCUT2D eigenvalue weighted by atomic mass is 9.92. The first-order chi connectivity index (χ1) is 13.7. The molecule has 154 valence electrons. The molecule has 29 heavy (non-hydrogen) atoms. The highest BCUT2D eigenvalue weighted by Crippen LogP contribution is 2.39. The zero-order valence-corrected chi connectivity index (χ0v) is 18.7. The Hall–Kier alpha value is -2.32. The first-order valence-corrected chi connectivity index (χ1v) is 12.2. The van der Waals surface area contributed by atoms with Gasteiger partial charge in [-0.25, -0.2) is 12.7 Å². The molecule has 2 aromatic carbocycles. The molecular weight excluding hydrogens is 404 g/mol. The lowest BCUT2D eigenvalue weighted by Gasteiger charge is -2.40. The first kappa shape index (κ1) is 20.0. The molecule has 1 aliphatic heterocycles. The fraction of sp³-hybridized carbons (Fsp3) is 0.381. The highest BCUT2D eigenvalue weighted by molar-refractivity contribution is 7.89. The number of rotatable bonds is 4. The van der Waals surface area contributed by atoms with Crippen molar-refractivity contribution < 1.29 is 8.42 Å². The van der Waals surface area contributed by atoms with Gasteiger partial charge in [0.05, 0.1) is 11.3 Å². The lowest BCUT2D eigenvalue weighted by Crippen LogP contribution is -2.60. The molecule has 2 heterocycles. The number of fused-ring (bicyclic) bond motifs is 3. The van der Waals surface area contributed by atoms with Crippen LogP contribution in [-0.2, 0) is 15.6 Å². The molecule has 4 rings (SSSR count). The molecule has 1 aromatic heterocycles. The molecule has 0 aliphatic carbocycles. The van der Waals surface area contributed by atoms with Gasteiger partial charge < -0.3 is 10.2 Å². The second kappa shape index (κ2) is 6.88. The fourth-order valence-electron chi connectivity index (χ4n) is 4.03. The van der Waals surface area contributed by atoms with Gasteiger partial charge in [-0.05, 0) is 56.7 Å². The molecule has 0 bridgehead atoms. The van der Waals surface area contributed by atoms with Gasteiger partial charge >= 0.3 is 0 Å². The van der Waals surface area contributed by atoms with E-state index in [1.54, 1.807) is 11.3 Å². The molecule has 0 unspecified atom stereocenters. The van der Waals surface area contributed by atoms with Crippen LogP contribution >= 0.6 is 11.3 Å². The van der Waals surface area contributed by atoms with Crippen molar-refractivity contribution in [1.82, 2.24) is 9.62 Å². The minimum Gasteiger partial charge on any atom is -0.372 e. The second-order valence-electron chi connectivity index (χ2n) is 7.70. The number of nitrogens with one attached hydrogen (secondary N) is 2.